The van der Waals surface area contributed by atoms with Crippen molar-refractivity contribution in [3.63, 3.8) is 0 Å². The Hall–Kier alpha value is -1.04. The molecular formula is C14H19ClN4S. The number of nitrogens with zero attached hydrogens (tertiary/aromatic N) is 3. The van der Waals surface area contributed by atoms with Gasteiger partial charge >= 0.3 is 0 Å². The zero-order valence-electron chi connectivity index (χ0n) is 11.7. The number of rotatable bonds is 7. The summed E-state index contributed by atoms with van der Waals surface area (Å²) < 4.78 is 1.94. The Morgan fingerprint density at radius 3 is 3.00 bits per heavy atom. The van der Waals surface area contributed by atoms with Crippen LogP contribution in [0.2, 0.25) is 5.02 Å². The average Bonchev–Trinajstić information content (AvgIpc) is 2.90. The Morgan fingerprint density at radius 1 is 1.45 bits per heavy atom. The van der Waals surface area contributed by atoms with E-state index in [0.29, 0.717) is 6.04 Å². The van der Waals surface area contributed by atoms with Crippen molar-refractivity contribution in [1.29, 1.82) is 0 Å². The summed E-state index contributed by atoms with van der Waals surface area (Å²) in [6.45, 7) is 2.93. The second kappa shape index (κ2) is 7.67. The minimum atomic E-state index is 0.355. The highest BCUT2D eigenvalue weighted by molar-refractivity contribution is 7.99. The first kappa shape index (κ1) is 15.4. The Labute approximate surface area is 128 Å². The molecule has 0 saturated heterocycles. The maximum absolute atomic E-state index is 6.00. The zero-order valence-corrected chi connectivity index (χ0v) is 13.3. The van der Waals surface area contributed by atoms with Crippen LogP contribution in [0, 0.1) is 0 Å². The summed E-state index contributed by atoms with van der Waals surface area (Å²) in [7, 11) is 1.98. The van der Waals surface area contributed by atoms with Gasteiger partial charge in [0.15, 0.2) is 0 Å². The molecule has 0 spiro atoms. The van der Waals surface area contributed by atoms with Gasteiger partial charge in [0.1, 0.15) is 12.2 Å². The number of hydrogen-bond donors (Lipinski definition) is 1. The number of aromatic nitrogens is 3. The van der Waals surface area contributed by atoms with Crippen molar-refractivity contribution < 1.29 is 0 Å². The van der Waals surface area contributed by atoms with Gasteiger partial charge in [0.2, 0.25) is 0 Å². The predicted octanol–water partition coefficient (Wildman–Crippen LogP) is 2.87. The average molecular weight is 311 g/mol. The van der Waals surface area contributed by atoms with E-state index in [1.54, 1.807) is 18.1 Å². The fraction of sp³-hybridized carbons (Fsp3) is 0.429. The van der Waals surface area contributed by atoms with Crippen LogP contribution in [-0.2, 0) is 13.0 Å². The second-order valence-corrected chi connectivity index (χ2v) is 5.98. The van der Waals surface area contributed by atoms with Crippen LogP contribution in [0.3, 0.4) is 0 Å². The van der Waals surface area contributed by atoms with Gasteiger partial charge in [-0.15, -0.1) is 11.8 Å². The van der Waals surface area contributed by atoms with Crippen molar-refractivity contribution in [3.8, 4) is 0 Å². The van der Waals surface area contributed by atoms with Gasteiger partial charge in [-0.3, -0.25) is 4.68 Å². The highest BCUT2D eigenvalue weighted by atomic mass is 35.5. The first-order valence-electron chi connectivity index (χ1n) is 6.65. The number of hydrogen-bond acceptors (Lipinski definition) is 4. The summed E-state index contributed by atoms with van der Waals surface area (Å²) in [5.41, 5.74) is 0. The summed E-state index contributed by atoms with van der Waals surface area (Å²) in [6, 6.07) is 8.30. The summed E-state index contributed by atoms with van der Waals surface area (Å²) in [5, 5.41) is 8.33. The molecular weight excluding hydrogens is 292 g/mol. The first-order chi connectivity index (χ1) is 9.72. The third-order valence-corrected chi connectivity index (χ3v) is 4.47. The van der Waals surface area contributed by atoms with E-state index in [9.17, 15) is 0 Å². The number of halogens is 1. The maximum atomic E-state index is 6.00. The van der Waals surface area contributed by atoms with Crippen LogP contribution in [0.1, 0.15) is 12.7 Å². The lowest BCUT2D eigenvalue weighted by Gasteiger charge is -2.15. The number of benzene rings is 1. The smallest absolute Gasteiger partial charge is 0.138 e. The van der Waals surface area contributed by atoms with Crippen LogP contribution in [0.4, 0.5) is 0 Å². The molecule has 0 aliphatic rings. The maximum Gasteiger partial charge on any atom is 0.138 e. The summed E-state index contributed by atoms with van der Waals surface area (Å²) in [6.07, 6.45) is 2.49. The van der Waals surface area contributed by atoms with Crippen LogP contribution in [0.15, 0.2) is 35.5 Å². The second-order valence-electron chi connectivity index (χ2n) is 4.45. The number of likely N-dealkylation sites (N-methyl/N-ethyl adjacent to an activating group) is 1. The van der Waals surface area contributed by atoms with Gasteiger partial charge in [0, 0.05) is 34.7 Å². The van der Waals surface area contributed by atoms with Gasteiger partial charge in [-0.25, -0.2) is 4.98 Å². The van der Waals surface area contributed by atoms with Crippen molar-refractivity contribution in [2.75, 3.05) is 12.8 Å². The third-order valence-electron chi connectivity index (χ3n) is 3.08. The molecule has 1 heterocycles. The molecule has 4 nitrogen and oxygen atoms in total. The van der Waals surface area contributed by atoms with Gasteiger partial charge in [0.25, 0.3) is 0 Å². The first-order valence-corrected chi connectivity index (χ1v) is 8.01. The van der Waals surface area contributed by atoms with Crippen LogP contribution >= 0.6 is 23.4 Å². The Morgan fingerprint density at radius 2 is 2.30 bits per heavy atom. The molecule has 1 aromatic carbocycles. The molecule has 1 atom stereocenters. The molecule has 108 valence electrons. The fourth-order valence-electron chi connectivity index (χ4n) is 1.93. The van der Waals surface area contributed by atoms with E-state index in [2.05, 4.69) is 28.4 Å². The van der Waals surface area contributed by atoms with Crippen LogP contribution in [0.5, 0.6) is 0 Å². The number of aryl methyl sites for hydroxylation is 1. The van der Waals surface area contributed by atoms with E-state index in [-0.39, 0.29) is 0 Å². The minimum Gasteiger partial charge on any atom is -0.316 e. The molecule has 0 fully saturated rings. The van der Waals surface area contributed by atoms with E-state index >= 15 is 0 Å². The highest BCUT2D eigenvalue weighted by Crippen LogP contribution is 2.22. The van der Waals surface area contributed by atoms with Crippen molar-refractivity contribution in [2.45, 2.75) is 30.8 Å². The van der Waals surface area contributed by atoms with Gasteiger partial charge in [-0.05, 0) is 32.2 Å². The Bertz CT molecular complexity index is 543. The molecule has 2 aromatic rings. The topological polar surface area (TPSA) is 42.7 Å². The molecule has 0 amide bonds. The molecule has 0 aliphatic heterocycles. The monoisotopic (exact) mass is 310 g/mol. The quantitative estimate of drug-likeness (QED) is 0.799. The van der Waals surface area contributed by atoms with Gasteiger partial charge in [0.05, 0.1) is 0 Å². The molecule has 2 rings (SSSR count). The van der Waals surface area contributed by atoms with Crippen LogP contribution in [0.25, 0.3) is 0 Å². The minimum absolute atomic E-state index is 0.355. The van der Waals surface area contributed by atoms with E-state index in [1.807, 2.05) is 29.9 Å². The molecule has 1 N–H and O–H groups in total. The SMILES string of the molecule is CCn1ncnc1CC(CSc1cccc(Cl)c1)NC. The largest absolute Gasteiger partial charge is 0.316 e. The molecule has 1 unspecified atom stereocenters. The standard InChI is InChI=1S/C14H19ClN4S/c1-3-19-14(17-10-18-19)8-12(16-2)9-20-13-6-4-5-11(15)7-13/h4-7,10,12,16H,3,8-9H2,1-2H3. The van der Waals surface area contributed by atoms with Crippen molar-refractivity contribution in [1.82, 2.24) is 20.1 Å². The third kappa shape index (κ3) is 4.23. The van der Waals surface area contributed by atoms with Crippen molar-refractivity contribution in [2.24, 2.45) is 0 Å². The molecule has 1 aromatic heterocycles. The lowest BCUT2D eigenvalue weighted by molar-refractivity contribution is 0.549. The van der Waals surface area contributed by atoms with E-state index in [1.165, 1.54) is 4.90 Å². The van der Waals surface area contributed by atoms with Gasteiger partial charge < -0.3 is 5.32 Å². The summed E-state index contributed by atoms with van der Waals surface area (Å²) in [4.78, 5) is 5.51. The molecule has 0 bridgehead atoms. The molecule has 20 heavy (non-hydrogen) atoms. The van der Waals surface area contributed by atoms with Crippen molar-refractivity contribution >= 4 is 23.4 Å². The molecule has 6 heteroatoms. The summed E-state index contributed by atoms with van der Waals surface area (Å²) >= 11 is 7.80. The van der Waals surface area contributed by atoms with E-state index in [4.69, 9.17) is 11.6 Å². The zero-order chi connectivity index (χ0) is 14.4. The Kier molecular flexibility index (Phi) is 5.88. The normalized spacial score (nSPS) is 12.6. The van der Waals surface area contributed by atoms with Crippen molar-refractivity contribution in [3.05, 3.63) is 41.4 Å². The predicted molar refractivity (Wildman–Crippen MR) is 84.4 cm³/mol. The Balaban J connectivity index is 1.92. The number of nitrogens with one attached hydrogen (secondary N) is 1. The van der Waals surface area contributed by atoms with Crippen LogP contribution < -0.4 is 5.32 Å². The lowest BCUT2D eigenvalue weighted by Crippen LogP contribution is -2.31. The molecule has 0 saturated carbocycles. The van der Waals surface area contributed by atoms with E-state index in [0.717, 1.165) is 29.6 Å². The summed E-state index contributed by atoms with van der Waals surface area (Å²) in [5.74, 6) is 1.99. The highest BCUT2D eigenvalue weighted by Gasteiger charge is 2.12. The van der Waals surface area contributed by atoms with Gasteiger partial charge in [-0.1, -0.05) is 17.7 Å². The molecule has 0 radical (unpaired) electrons. The number of thioether (sulfide) groups is 1. The fourth-order valence-corrected chi connectivity index (χ4v) is 3.25. The van der Waals surface area contributed by atoms with Gasteiger partial charge in [-0.2, -0.15) is 5.10 Å². The molecule has 0 aliphatic carbocycles. The lowest BCUT2D eigenvalue weighted by atomic mass is 10.2. The van der Waals surface area contributed by atoms with Crippen LogP contribution in [-0.4, -0.2) is 33.6 Å². The van der Waals surface area contributed by atoms with E-state index < -0.39 is 0 Å².